The Morgan fingerprint density at radius 1 is 1.43 bits per heavy atom. The Hall–Kier alpha value is -0.570. The third-order valence-electron chi connectivity index (χ3n) is 3.07. The Morgan fingerprint density at radius 2 is 2.07 bits per heavy atom. The minimum absolute atomic E-state index is 0.00329. The lowest BCUT2D eigenvalue weighted by molar-refractivity contribution is -0.147. The highest BCUT2D eigenvalue weighted by molar-refractivity contribution is 5.71. The molecule has 2 atom stereocenters. The van der Waals surface area contributed by atoms with Crippen molar-refractivity contribution in [2.75, 3.05) is 6.54 Å². The number of carbonyl (C=O) groups excluding carboxylic acids is 1. The molecular formula is C11H21NO2. The molecule has 0 aromatic rings. The van der Waals surface area contributed by atoms with Gasteiger partial charge in [-0.2, -0.15) is 0 Å². The molecule has 1 aliphatic rings. The molecule has 0 amide bonds. The van der Waals surface area contributed by atoms with Crippen molar-refractivity contribution in [3.63, 3.8) is 0 Å². The van der Waals surface area contributed by atoms with Crippen molar-refractivity contribution < 1.29 is 9.53 Å². The summed E-state index contributed by atoms with van der Waals surface area (Å²) >= 11 is 0. The van der Waals surface area contributed by atoms with Gasteiger partial charge in [0, 0.05) is 0 Å². The summed E-state index contributed by atoms with van der Waals surface area (Å²) in [5.41, 5.74) is 5.52. The van der Waals surface area contributed by atoms with Gasteiger partial charge in [-0.1, -0.05) is 20.8 Å². The number of hydrogen-bond acceptors (Lipinski definition) is 3. The summed E-state index contributed by atoms with van der Waals surface area (Å²) in [5, 5.41) is 0. The van der Waals surface area contributed by atoms with Gasteiger partial charge in [0.05, 0.1) is 6.54 Å². The monoisotopic (exact) mass is 199 g/mol. The first-order valence-corrected chi connectivity index (χ1v) is 5.33. The minimum atomic E-state index is -0.274. The number of hydrogen-bond donors (Lipinski definition) is 1. The highest BCUT2D eigenvalue weighted by Gasteiger charge is 2.34. The van der Waals surface area contributed by atoms with E-state index in [0.717, 1.165) is 19.3 Å². The van der Waals surface area contributed by atoms with Crippen LogP contribution < -0.4 is 5.73 Å². The first kappa shape index (κ1) is 11.5. The predicted molar refractivity (Wildman–Crippen MR) is 55.7 cm³/mol. The highest BCUT2D eigenvalue weighted by Crippen LogP contribution is 2.40. The van der Waals surface area contributed by atoms with Crippen molar-refractivity contribution in [2.24, 2.45) is 17.1 Å². The van der Waals surface area contributed by atoms with Crippen LogP contribution in [-0.2, 0) is 9.53 Å². The van der Waals surface area contributed by atoms with Crippen LogP contribution in [0, 0.1) is 11.3 Å². The van der Waals surface area contributed by atoms with Gasteiger partial charge >= 0.3 is 5.97 Å². The van der Waals surface area contributed by atoms with Crippen molar-refractivity contribution in [1.29, 1.82) is 0 Å². The fourth-order valence-electron chi connectivity index (χ4n) is 2.07. The summed E-state index contributed by atoms with van der Waals surface area (Å²) in [6.45, 7) is 6.72. The van der Waals surface area contributed by atoms with E-state index in [9.17, 15) is 4.79 Å². The smallest absolute Gasteiger partial charge is 0.319 e. The van der Waals surface area contributed by atoms with E-state index in [1.54, 1.807) is 0 Å². The standard InChI is InChI=1S/C11H21NO2/c1-11(2,3)8-4-5-9(6-8)14-10(13)7-12/h8-9H,4-7,12H2,1-3H3. The number of esters is 1. The highest BCUT2D eigenvalue weighted by atomic mass is 16.5. The second kappa shape index (κ2) is 4.30. The van der Waals surface area contributed by atoms with Crippen molar-refractivity contribution in [1.82, 2.24) is 0 Å². The molecule has 14 heavy (non-hydrogen) atoms. The quantitative estimate of drug-likeness (QED) is 0.689. The molecule has 0 heterocycles. The topological polar surface area (TPSA) is 52.3 Å². The molecule has 2 N–H and O–H groups in total. The third-order valence-corrected chi connectivity index (χ3v) is 3.07. The van der Waals surface area contributed by atoms with E-state index in [4.69, 9.17) is 10.5 Å². The summed E-state index contributed by atoms with van der Waals surface area (Å²) < 4.78 is 5.22. The molecule has 0 aliphatic heterocycles. The van der Waals surface area contributed by atoms with Gasteiger partial charge in [-0.05, 0) is 30.6 Å². The van der Waals surface area contributed by atoms with Crippen molar-refractivity contribution in [3.8, 4) is 0 Å². The first-order chi connectivity index (χ1) is 6.43. The van der Waals surface area contributed by atoms with E-state index in [0.29, 0.717) is 11.3 Å². The van der Waals surface area contributed by atoms with Crippen LogP contribution >= 0.6 is 0 Å². The normalized spacial score (nSPS) is 27.7. The largest absolute Gasteiger partial charge is 0.461 e. The molecule has 1 fully saturated rings. The Morgan fingerprint density at radius 3 is 2.50 bits per heavy atom. The van der Waals surface area contributed by atoms with Crippen LogP contribution in [0.25, 0.3) is 0 Å². The van der Waals surface area contributed by atoms with Crippen LogP contribution in [0.2, 0.25) is 0 Å². The zero-order valence-electron chi connectivity index (χ0n) is 9.38. The second-order valence-electron chi connectivity index (χ2n) is 5.19. The predicted octanol–water partition coefficient (Wildman–Crippen LogP) is 1.70. The number of ether oxygens (including phenoxy) is 1. The molecule has 0 bridgehead atoms. The molecule has 3 heteroatoms. The van der Waals surface area contributed by atoms with Gasteiger partial charge in [-0.3, -0.25) is 4.79 Å². The van der Waals surface area contributed by atoms with Gasteiger partial charge in [0.15, 0.2) is 0 Å². The maximum Gasteiger partial charge on any atom is 0.319 e. The van der Waals surface area contributed by atoms with E-state index in [-0.39, 0.29) is 18.6 Å². The molecule has 2 unspecified atom stereocenters. The summed E-state index contributed by atoms with van der Waals surface area (Å²) in [7, 11) is 0. The van der Waals surface area contributed by atoms with E-state index in [2.05, 4.69) is 20.8 Å². The van der Waals surface area contributed by atoms with Gasteiger partial charge in [-0.25, -0.2) is 0 Å². The van der Waals surface area contributed by atoms with Crippen molar-refractivity contribution >= 4 is 5.97 Å². The maximum absolute atomic E-state index is 11.0. The van der Waals surface area contributed by atoms with Crippen LogP contribution in [0.5, 0.6) is 0 Å². The summed E-state index contributed by atoms with van der Waals surface area (Å²) in [6, 6.07) is 0. The third kappa shape index (κ3) is 2.98. The average Bonchev–Trinajstić information content (AvgIpc) is 2.51. The van der Waals surface area contributed by atoms with E-state index < -0.39 is 0 Å². The molecule has 82 valence electrons. The fourth-order valence-corrected chi connectivity index (χ4v) is 2.07. The number of carbonyl (C=O) groups is 1. The van der Waals surface area contributed by atoms with Crippen molar-refractivity contribution in [2.45, 2.75) is 46.1 Å². The summed E-state index contributed by atoms with van der Waals surface area (Å²) in [6.07, 6.45) is 3.25. The Bertz CT molecular complexity index is 208. The average molecular weight is 199 g/mol. The molecule has 1 saturated carbocycles. The molecule has 1 rings (SSSR count). The SMILES string of the molecule is CC(C)(C)C1CCC(OC(=O)CN)C1. The van der Waals surface area contributed by atoms with Crippen LogP contribution in [0.1, 0.15) is 40.0 Å². The van der Waals surface area contributed by atoms with E-state index >= 15 is 0 Å². The molecule has 0 aromatic heterocycles. The molecule has 3 nitrogen and oxygen atoms in total. The van der Waals surface area contributed by atoms with Crippen LogP contribution in [0.3, 0.4) is 0 Å². The second-order valence-corrected chi connectivity index (χ2v) is 5.19. The summed E-state index contributed by atoms with van der Waals surface area (Å²) in [4.78, 5) is 11.0. The fraction of sp³-hybridized carbons (Fsp3) is 0.909. The van der Waals surface area contributed by atoms with Crippen LogP contribution in [-0.4, -0.2) is 18.6 Å². The Balaban J connectivity index is 2.38. The molecule has 0 aromatic carbocycles. The van der Waals surface area contributed by atoms with E-state index in [1.165, 1.54) is 0 Å². The van der Waals surface area contributed by atoms with Crippen LogP contribution in [0.4, 0.5) is 0 Å². The van der Waals surface area contributed by atoms with E-state index in [1.807, 2.05) is 0 Å². The lowest BCUT2D eigenvalue weighted by Gasteiger charge is -2.26. The molecule has 0 saturated heterocycles. The van der Waals surface area contributed by atoms with Gasteiger partial charge < -0.3 is 10.5 Å². The summed E-state index contributed by atoms with van der Waals surface area (Å²) in [5.74, 6) is 0.391. The molecular weight excluding hydrogens is 178 g/mol. The Kier molecular flexibility index (Phi) is 3.53. The van der Waals surface area contributed by atoms with Crippen LogP contribution in [0.15, 0.2) is 0 Å². The minimum Gasteiger partial charge on any atom is -0.461 e. The molecule has 0 radical (unpaired) electrons. The van der Waals surface area contributed by atoms with Gasteiger partial charge in [0.25, 0.3) is 0 Å². The first-order valence-electron chi connectivity index (χ1n) is 5.33. The lowest BCUT2D eigenvalue weighted by atomic mass is 9.80. The lowest BCUT2D eigenvalue weighted by Crippen LogP contribution is -2.24. The Labute approximate surface area is 86.0 Å². The van der Waals surface area contributed by atoms with Crippen molar-refractivity contribution in [3.05, 3.63) is 0 Å². The zero-order chi connectivity index (χ0) is 10.8. The maximum atomic E-state index is 11.0. The van der Waals surface area contributed by atoms with Gasteiger partial charge in [0.1, 0.15) is 6.10 Å². The number of rotatable bonds is 2. The molecule has 0 spiro atoms. The molecule has 1 aliphatic carbocycles. The zero-order valence-corrected chi connectivity index (χ0v) is 9.38. The number of nitrogens with two attached hydrogens (primary N) is 1. The van der Waals surface area contributed by atoms with Gasteiger partial charge in [-0.15, -0.1) is 0 Å². The van der Waals surface area contributed by atoms with Gasteiger partial charge in [0.2, 0.25) is 0 Å².